The molecule has 0 saturated heterocycles. The van der Waals surface area contributed by atoms with Crippen molar-refractivity contribution in [3.8, 4) is 0 Å². The first kappa shape index (κ1) is 17.3. The third-order valence-electron chi connectivity index (χ3n) is 4.25. The zero-order valence-electron chi connectivity index (χ0n) is 13.5. The number of hydrogen-bond donors (Lipinski definition) is 0. The Labute approximate surface area is 111 Å². The van der Waals surface area contributed by atoms with Gasteiger partial charge < -0.3 is 13.4 Å². The predicted molar refractivity (Wildman–Crippen MR) is 84.0 cm³/mol. The Morgan fingerprint density at radius 3 is 1.35 bits per heavy atom. The van der Waals surface area contributed by atoms with E-state index in [-0.39, 0.29) is 0 Å². The highest BCUT2D eigenvalue weighted by atomic mass is 28.4. The fourth-order valence-corrected chi connectivity index (χ4v) is 10.9. The summed E-state index contributed by atoms with van der Waals surface area (Å²) < 4.78 is 7.81. The SMILES string of the molecule is CCCCN([Si](C)(C)N(C)C)[Si](C)(C)N(C)C. The first-order valence-electron chi connectivity index (χ1n) is 6.71. The summed E-state index contributed by atoms with van der Waals surface area (Å²) in [6.07, 6.45) is 2.60. The van der Waals surface area contributed by atoms with Crippen LogP contribution in [0.2, 0.25) is 26.2 Å². The molecule has 0 aliphatic heterocycles. The second-order valence-electron chi connectivity index (χ2n) is 6.28. The highest BCUT2D eigenvalue weighted by Crippen LogP contribution is 2.23. The van der Waals surface area contributed by atoms with Crippen molar-refractivity contribution in [2.75, 3.05) is 34.7 Å². The lowest BCUT2D eigenvalue weighted by Crippen LogP contribution is -2.72. The monoisotopic (exact) mass is 275 g/mol. The second-order valence-corrected chi connectivity index (χ2v) is 15.6. The minimum atomic E-state index is -1.46. The third kappa shape index (κ3) is 4.17. The van der Waals surface area contributed by atoms with Crippen molar-refractivity contribution in [1.29, 1.82) is 0 Å². The maximum absolute atomic E-state index is 2.86. The van der Waals surface area contributed by atoms with Crippen LogP contribution in [0.1, 0.15) is 19.8 Å². The molecule has 0 aliphatic rings. The zero-order valence-corrected chi connectivity index (χ0v) is 15.5. The normalized spacial score (nSPS) is 14.1. The minimum Gasteiger partial charge on any atom is -0.322 e. The Morgan fingerprint density at radius 2 is 1.12 bits per heavy atom. The molecule has 0 amide bonds. The van der Waals surface area contributed by atoms with Crippen molar-refractivity contribution in [3.63, 3.8) is 0 Å². The lowest BCUT2D eigenvalue weighted by Gasteiger charge is -2.51. The molecule has 0 radical (unpaired) electrons. The van der Waals surface area contributed by atoms with E-state index in [1.54, 1.807) is 0 Å². The molecule has 0 unspecified atom stereocenters. The van der Waals surface area contributed by atoms with Crippen molar-refractivity contribution in [2.24, 2.45) is 0 Å². The van der Waals surface area contributed by atoms with Crippen LogP contribution in [-0.2, 0) is 0 Å². The van der Waals surface area contributed by atoms with E-state index in [1.807, 2.05) is 0 Å². The van der Waals surface area contributed by atoms with Crippen LogP contribution < -0.4 is 0 Å². The molecule has 17 heavy (non-hydrogen) atoms. The Bertz CT molecular complexity index is 208. The molecule has 0 spiro atoms. The van der Waals surface area contributed by atoms with Gasteiger partial charge in [-0.1, -0.05) is 13.3 Å². The lowest BCUT2D eigenvalue weighted by atomic mass is 10.3. The summed E-state index contributed by atoms with van der Waals surface area (Å²) in [5, 5.41) is 0. The summed E-state index contributed by atoms with van der Waals surface area (Å²) in [6, 6.07) is 0. The lowest BCUT2D eigenvalue weighted by molar-refractivity contribution is 0.440. The topological polar surface area (TPSA) is 9.72 Å². The molecule has 0 aliphatic carbocycles. The van der Waals surface area contributed by atoms with Gasteiger partial charge in [0.05, 0.1) is 0 Å². The van der Waals surface area contributed by atoms with E-state index in [4.69, 9.17) is 0 Å². The second kappa shape index (κ2) is 6.47. The van der Waals surface area contributed by atoms with Crippen LogP contribution >= 0.6 is 0 Å². The summed E-state index contributed by atoms with van der Waals surface area (Å²) in [5.74, 6) is 0. The zero-order chi connectivity index (χ0) is 13.9. The van der Waals surface area contributed by atoms with E-state index < -0.39 is 16.8 Å². The summed E-state index contributed by atoms with van der Waals surface area (Å²) >= 11 is 0. The van der Waals surface area contributed by atoms with Crippen LogP contribution in [0, 0.1) is 0 Å². The molecule has 104 valence electrons. The van der Waals surface area contributed by atoms with Gasteiger partial charge >= 0.3 is 0 Å². The Morgan fingerprint density at radius 1 is 0.765 bits per heavy atom. The molecule has 0 fully saturated rings. The standard InChI is InChI=1S/C12H33N3Si2/c1-10-11-12-15(16(6,7)13(2)3)17(8,9)14(4)5/h10-12H2,1-9H3. The maximum atomic E-state index is 2.86. The van der Waals surface area contributed by atoms with Crippen molar-refractivity contribution >= 4 is 16.8 Å². The smallest absolute Gasteiger partial charge is 0.194 e. The van der Waals surface area contributed by atoms with Crippen LogP contribution in [0.4, 0.5) is 0 Å². The average Bonchev–Trinajstić information content (AvgIpc) is 2.17. The van der Waals surface area contributed by atoms with E-state index >= 15 is 0 Å². The molecule has 3 nitrogen and oxygen atoms in total. The van der Waals surface area contributed by atoms with Crippen LogP contribution in [0.15, 0.2) is 0 Å². The van der Waals surface area contributed by atoms with E-state index in [0.717, 1.165) is 0 Å². The fourth-order valence-electron chi connectivity index (χ4n) is 2.02. The van der Waals surface area contributed by atoms with Crippen molar-refractivity contribution in [3.05, 3.63) is 0 Å². The van der Waals surface area contributed by atoms with Gasteiger partial charge in [-0.3, -0.25) is 0 Å². The van der Waals surface area contributed by atoms with Gasteiger partial charge in [0, 0.05) is 0 Å². The summed E-state index contributed by atoms with van der Waals surface area (Å²) in [5.41, 5.74) is 0. The Hall–Kier alpha value is 0.314. The van der Waals surface area contributed by atoms with Crippen LogP contribution in [0.5, 0.6) is 0 Å². The molecule has 0 atom stereocenters. The molecular weight excluding hydrogens is 242 g/mol. The quantitative estimate of drug-likeness (QED) is 0.661. The number of unbranched alkanes of at least 4 members (excludes halogenated alkanes) is 1. The van der Waals surface area contributed by atoms with Gasteiger partial charge in [-0.05, 0) is 67.3 Å². The Balaban J connectivity index is 5.13. The molecule has 0 aromatic carbocycles. The molecule has 5 heteroatoms. The minimum absolute atomic E-state index is 1.26. The van der Waals surface area contributed by atoms with Gasteiger partial charge in [-0.2, -0.15) is 0 Å². The summed E-state index contributed by atoms with van der Waals surface area (Å²) in [6.45, 7) is 13.4. The fraction of sp³-hybridized carbons (Fsp3) is 1.00. The van der Waals surface area contributed by atoms with Gasteiger partial charge in [0.15, 0.2) is 16.8 Å². The number of rotatable bonds is 7. The Kier molecular flexibility index (Phi) is 6.59. The van der Waals surface area contributed by atoms with E-state index in [2.05, 4.69) is 74.7 Å². The summed E-state index contributed by atoms with van der Waals surface area (Å²) in [4.78, 5) is 0. The van der Waals surface area contributed by atoms with Crippen LogP contribution in [-0.4, -0.2) is 64.9 Å². The molecule has 0 heterocycles. The first-order valence-corrected chi connectivity index (χ1v) is 12.5. The van der Waals surface area contributed by atoms with Gasteiger partial charge in [0.25, 0.3) is 0 Å². The van der Waals surface area contributed by atoms with Crippen LogP contribution in [0.25, 0.3) is 0 Å². The molecule has 0 N–H and O–H groups in total. The van der Waals surface area contributed by atoms with Crippen molar-refractivity contribution in [2.45, 2.75) is 46.0 Å². The molecule has 0 saturated carbocycles. The average molecular weight is 276 g/mol. The molecule has 0 aromatic rings. The highest BCUT2D eigenvalue weighted by molar-refractivity contribution is 6.88. The van der Waals surface area contributed by atoms with Gasteiger partial charge in [0.2, 0.25) is 0 Å². The van der Waals surface area contributed by atoms with Gasteiger partial charge in [-0.15, -0.1) is 0 Å². The first-order chi connectivity index (χ1) is 7.58. The highest BCUT2D eigenvalue weighted by Gasteiger charge is 2.43. The van der Waals surface area contributed by atoms with E-state index in [1.165, 1.54) is 19.4 Å². The molecule has 0 rings (SSSR count). The van der Waals surface area contributed by atoms with E-state index in [0.29, 0.717) is 0 Å². The van der Waals surface area contributed by atoms with Crippen LogP contribution in [0.3, 0.4) is 0 Å². The van der Waals surface area contributed by atoms with Crippen molar-refractivity contribution < 1.29 is 0 Å². The summed E-state index contributed by atoms with van der Waals surface area (Å²) in [7, 11) is 6.05. The van der Waals surface area contributed by atoms with Gasteiger partial charge in [0.1, 0.15) is 0 Å². The molecular formula is C12H33N3Si2. The van der Waals surface area contributed by atoms with Crippen molar-refractivity contribution in [1.82, 2.24) is 13.4 Å². The largest absolute Gasteiger partial charge is 0.322 e. The van der Waals surface area contributed by atoms with E-state index in [9.17, 15) is 0 Å². The number of nitrogens with zero attached hydrogens (tertiary/aromatic N) is 3. The van der Waals surface area contributed by atoms with Gasteiger partial charge in [-0.25, -0.2) is 0 Å². The number of hydrogen-bond acceptors (Lipinski definition) is 3. The molecule has 0 aromatic heterocycles. The predicted octanol–water partition coefficient (Wildman–Crippen LogP) is 2.62. The third-order valence-corrected chi connectivity index (χ3v) is 15.0. The maximum Gasteiger partial charge on any atom is 0.194 e. The molecule has 0 bridgehead atoms.